The molecule has 0 saturated carbocycles. The maximum absolute atomic E-state index is 5.85. The Kier molecular flexibility index (Phi) is 3.97. The zero-order chi connectivity index (χ0) is 10.6. The van der Waals surface area contributed by atoms with E-state index in [2.05, 4.69) is 26.0 Å². The van der Waals surface area contributed by atoms with E-state index < -0.39 is 0 Å². The zero-order valence-electron chi connectivity index (χ0n) is 8.89. The molecule has 78 valence electrons. The molecule has 1 aromatic rings. The molecule has 0 bridgehead atoms. The number of hydrogen-bond donors (Lipinski definition) is 1. The molecule has 0 spiro atoms. The Labute approximate surface area is 91.3 Å². The van der Waals surface area contributed by atoms with E-state index in [0.29, 0.717) is 0 Å². The van der Waals surface area contributed by atoms with Gasteiger partial charge in [0.1, 0.15) is 0 Å². The average molecular weight is 212 g/mol. The summed E-state index contributed by atoms with van der Waals surface area (Å²) in [6.07, 6.45) is 2.18. The molecule has 0 heterocycles. The maximum atomic E-state index is 5.85. The molecule has 0 fully saturated rings. The van der Waals surface area contributed by atoms with Crippen LogP contribution in [0.3, 0.4) is 0 Å². The summed E-state index contributed by atoms with van der Waals surface area (Å²) in [5, 5.41) is 0.795. The van der Waals surface area contributed by atoms with Gasteiger partial charge in [-0.15, -0.1) is 0 Å². The van der Waals surface area contributed by atoms with E-state index in [1.165, 1.54) is 5.56 Å². The minimum Gasteiger partial charge on any atom is -0.330 e. The fraction of sp³-hybridized carbons (Fsp3) is 0.500. The molecule has 0 unspecified atom stereocenters. The quantitative estimate of drug-likeness (QED) is 0.812. The molecule has 2 heteroatoms. The Hall–Kier alpha value is -0.530. The SMILES string of the molecule is CC(C)(CCCN)c1ccc(Cl)cc1. The molecule has 0 aliphatic heterocycles. The van der Waals surface area contributed by atoms with E-state index in [1.54, 1.807) is 0 Å². The summed E-state index contributed by atoms with van der Waals surface area (Å²) >= 11 is 5.85. The van der Waals surface area contributed by atoms with Gasteiger partial charge in [0.2, 0.25) is 0 Å². The summed E-state index contributed by atoms with van der Waals surface area (Å²) in [4.78, 5) is 0. The third kappa shape index (κ3) is 3.00. The van der Waals surface area contributed by atoms with Crippen molar-refractivity contribution >= 4 is 11.6 Å². The van der Waals surface area contributed by atoms with Gasteiger partial charge in [0.15, 0.2) is 0 Å². The second kappa shape index (κ2) is 4.81. The van der Waals surface area contributed by atoms with Crippen LogP contribution in [-0.2, 0) is 5.41 Å². The van der Waals surface area contributed by atoms with E-state index in [0.717, 1.165) is 24.4 Å². The number of halogens is 1. The van der Waals surface area contributed by atoms with Crippen LogP contribution < -0.4 is 5.73 Å². The fourth-order valence-electron chi connectivity index (χ4n) is 1.59. The minimum absolute atomic E-state index is 0.198. The van der Waals surface area contributed by atoms with Crippen LogP contribution in [0.4, 0.5) is 0 Å². The second-order valence-corrected chi connectivity index (χ2v) is 4.72. The first-order valence-corrected chi connectivity index (χ1v) is 5.40. The topological polar surface area (TPSA) is 26.0 Å². The van der Waals surface area contributed by atoms with Crippen LogP contribution in [0.5, 0.6) is 0 Å². The lowest BCUT2D eigenvalue weighted by molar-refractivity contribution is 0.465. The van der Waals surface area contributed by atoms with Gasteiger partial charge < -0.3 is 5.73 Å². The first kappa shape index (κ1) is 11.5. The zero-order valence-corrected chi connectivity index (χ0v) is 9.64. The van der Waals surface area contributed by atoms with Crippen molar-refractivity contribution in [2.75, 3.05) is 6.54 Å². The highest BCUT2D eigenvalue weighted by Gasteiger charge is 2.19. The lowest BCUT2D eigenvalue weighted by Gasteiger charge is -2.25. The summed E-state index contributed by atoms with van der Waals surface area (Å²) in [6, 6.07) is 8.08. The van der Waals surface area contributed by atoms with Crippen molar-refractivity contribution < 1.29 is 0 Å². The molecule has 0 aromatic heterocycles. The summed E-state index contributed by atoms with van der Waals surface area (Å²) in [5.74, 6) is 0. The molecule has 0 saturated heterocycles. The van der Waals surface area contributed by atoms with Crippen molar-refractivity contribution in [2.45, 2.75) is 32.1 Å². The Morgan fingerprint density at radius 1 is 1.21 bits per heavy atom. The van der Waals surface area contributed by atoms with Crippen LogP contribution >= 0.6 is 11.6 Å². The maximum Gasteiger partial charge on any atom is 0.0406 e. The summed E-state index contributed by atoms with van der Waals surface area (Å²) in [6.45, 7) is 5.24. The summed E-state index contributed by atoms with van der Waals surface area (Å²) < 4.78 is 0. The first-order valence-electron chi connectivity index (χ1n) is 5.02. The molecule has 2 N–H and O–H groups in total. The van der Waals surface area contributed by atoms with Gasteiger partial charge in [-0.05, 0) is 42.5 Å². The van der Waals surface area contributed by atoms with Crippen molar-refractivity contribution in [3.05, 3.63) is 34.9 Å². The minimum atomic E-state index is 0.198. The van der Waals surface area contributed by atoms with Gasteiger partial charge in [0.05, 0.1) is 0 Å². The fourth-order valence-corrected chi connectivity index (χ4v) is 1.72. The Balaban J connectivity index is 2.75. The highest BCUT2D eigenvalue weighted by molar-refractivity contribution is 6.30. The third-order valence-electron chi connectivity index (χ3n) is 2.63. The van der Waals surface area contributed by atoms with Crippen LogP contribution in [0, 0.1) is 0 Å². The molecule has 0 atom stereocenters. The average Bonchev–Trinajstić information content (AvgIpc) is 2.16. The molecule has 14 heavy (non-hydrogen) atoms. The van der Waals surface area contributed by atoms with Gasteiger partial charge in [-0.1, -0.05) is 37.6 Å². The van der Waals surface area contributed by atoms with Crippen LogP contribution in [0.2, 0.25) is 5.02 Å². The molecule has 0 amide bonds. The smallest absolute Gasteiger partial charge is 0.0406 e. The lowest BCUT2D eigenvalue weighted by Crippen LogP contribution is -2.18. The van der Waals surface area contributed by atoms with E-state index >= 15 is 0 Å². The largest absolute Gasteiger partial charge is 0.330 e. The summed E-state index contributed by atoms with van der Waals surface area (Å²) in [7, 11) is 0. The van der Waals surface area contributed by atoms with Crippen molar-refractivity contribution in [3.63, 3.8) is 0 Å². The monoisotopic (exact) mass is 211 g/mol. The van der Waals surface area contributed by atoms with Gasteiger partial charge in [0, 0.05) is 5.02 Å². The van der Waals surface area contributed by atoms with Gasteiger partial charge in [-0.2, -0.15) is 0 Å². The first-order chi connectivity index (χ1) is 6.56. The summed E-state index contributed by atoms with van der Waals surface area (Å²) in [5.41, 5.74) is 7.04. The highest BCUT2D eigenvalue weighted by Crippen LogP contribution is 2.28. The molecule has 1 aromatic carbocycles. The molecule has 0 aliphatic carbocycles. The van der Waals surface area contributed by atoms with E-state index in [-0.39, 0.29) is 5.41 Å². The number of nitrogens with two attached hydrogens (primary N) is 1. The molecular formula is C12H18ClN. The van der Waals surface area contributed by atoms with E-state index in [4.69, 9.17) is 17.3 Å². The van der Waals surface area contributed by atoms with Crippen LogP contribution in [-0.4, -0.2) is 6.54 Å². The van der Waals surface area contributed by atoms with E-state index in [1.807, 2.05) is 12.1 Å². The van der Waals surface area contributed by atoms with Crippen molar-refractivity contribution in [1.82, 2.24) is 0 Å². The number of rotatable bonds is 4. The van der Waals surface area contributed by atoms with Gasteiger partial charge in [-0.3, -0.25) is 0 Å². The third-order valence-corrected chi connectivity index (χ3v) is 2.88. The molecule has 1 nitrogen and oxygen atoms in total. The molecule has 1 rings (SSSR count). The van der Waals surface area contributed by atoms with Crippen molar-refractivity contribution in [3.8, 4) is 0 Å². The standard InChI is InChI=1S/C12H18ClN/c1-12(2,8-3-9-14)10-4-6-11(13)7-5-10/h4-7H,3,8-9,14H2,1-2H3. The highest BCUT2D eigenvalue weighted by atomic mass is 35.5. The number of hydrogen-bond acceptors (Lipinski definition) is 1. The Morgan fingerprint density at radius 3 is 2.29 bits per heavy atom. The van der Waals surface area contributed by atoms with Crippen molar-refractivity contribution in [2.24, 2.45) is 5.73 Å². The van der Waals surface area contributed by atoms with Gasteiger partial charge >= 0.3 is 0 Å². The van der Waals surface area contributed by atoms with Crippen LogP contribution in [0.25, 0.3) is 0 Å². The van der Waals surface area contributed by atoms with Gasteiger partial charge in [-0.25, -0.2) is 0 Å². The number of benzene rings is 1. The van der Waals surface area contributed by atoms with E-state index in [9.17, 15) is 0 Å². The predicted molar refractivity (Wildman–Crippen MR) is 62.8 cm³/mol. The van der Waals surface area contributed by atoms with Crippen molar-refractivity contribution in [1.29, 1.82) is 0 Å². The predicted octanol–water partition coefficient (Wildman–Crippen LogP) is 3.36. The molecule has 0 radical (unpaired) electrons. The van der Waals surface area contributed by atoms with Crippen LogP contribution in [0.15, 0.2) is 24.3 Å². The lowest BCUT2D eigenvalue weighted by atomic mass is 9.80. The molecular weight excluding hydrogens is 194 g/mol. The Bertz CT molecular complexity index is 277. The van der Waals surface area contributed by atoms with Crippen LogP contribution in [0.1, 0.15) is 32.3 Å². The normalized spacial score (nSPS) is 11.7. The second-order valence-electron chi connectivity index (χ2n) is 4.28. The van der Waals surface area contributed by atoms with Gasteiger partial charge in [0.25, 0.3) is 0 Å². The molecule has 0 aliphatic rings. The Morgan fingerprint density at radius 2 is 1.79 bits per heavy atom.